The third-order valence-corrected chi connectivity index (χ3v) is 3.02. The van der Waals surface area contributed by atoms with Gasteiger partial charge in [0.1, 0.15) is 0 Å². The smallest absolute Gasteiger partial charge is 0.306 e. The van der Waals surface area contributed by atoms with E-state index in [-0.39, 0.29) is 24.7 Å². The van der Waals surface area contributed by atoms with E-state index >= 15 is 0 Å². The Bertz CT molecular complexity index is 253. The zero-order valence-electron chi connectivity index (χ0n) is 10.2. The number of likely N-dealkylation sites (tertiary alicyclic amines) is 1. The van der Waals surface area contributed by atoms with Crippen LogP contribution in [0.15, 0.2) is 0 Å². The summed E-state index contributed by atoms with van der Waals surface area (Å²) in [4.78, 5) is 24.9. The molecular weight excluding hydrogens is 206 g/mol. The molecule has 0 aromatic rings. The maximum atomic E-state index is 11.8. The molecule has 0 bridgehead atoms. The molecule has 16 heavy (non-hydrogen) atoms. The second kappa shape index (κ2) is 6.51. The van der Waals surface area contributed by atoms with Crippen LogP contribution < -0.4 is 0 Å². The molecule has 1 fully saturated rings. The van der Waals surface area contributed by atoms with Crippen molar-refractivity contribution in [1.82, 2.24) is 4.90 Å². The first-order valence-corrected chi connectivity index (χ1v) is 6.14. The van der Waals surface area contributed by atoms with Crippen molar-refractivity contribution >= 4 is 11.9 Å². The number of carbonyl (C=O) groups is 2. The van der Waals surface area contributed by atoms with E-state index in [2.05, 4.69) is 6.92 Å². The maximum absolute atomic E-state index is 11.8. The van der Waals surface area contributed by atoms with Crippen LogP contribution in [0.5, 0.6) is 0 Å². The van der Waals surface area contributed by atoms with Crippen LogP contribution in [0.3, 0.4) is 0 Å². The van der Waals surface area contributed by atoms with Gasteiger partial charge in [-0.15, -0.1) is 0 Å². The lowest BCUT2D eigenvalue weighted by Crippen LogP contribution is -2.35. The molecule has 0 spiro atoms. The first kappa shape index (κ1) is 13.0. The van der Waals surface area contributed by atoms with Gasteiger partial charge in [0.05, 0.1) is 13.0 Å². The summed E-state index contributed by atoms with van der Waals surface area (Å²) in [6, 6.07) is 0.384. The quantitative estimate of drug-likeness (QED) is 0.672. The summed E-state index contributed by atoms with van der Waals surface area (Å²) in [5, 5.41) is 0. The summed E-state index contributed by atoms with van der Waals surface area (Å²) < 4.78 is 4.80. The minimum Gasteiger partial charge on any atom is -0.466 e. The highest BCUT2D eigenvalue weighted by atomic mass is 16.5. The lowest BCUT2D eigenvalue weighted by atomic mass is 10.1. The summed E-state index contributed by atoms with van der Waals surface area (Å²) in [5.74, 6) is -0.180. The van der Waals surface area contributed by atoms with Crippen LogP contribution in [0, 0.1) is 0 Å². The topological polar surface area (TPSA) is 46.6 Å². The number of amides is 1. The number of ether oxygens (including phenoxy) is 1. The van der Waals surface area contributed by atoms with Gasteiger partial charge in [-0.05, 0) is 26.2 Å². The standard InChI is InChI=1S/C12H21NO3/c1-3-10-6-5-9-13(10)11(14)7-8-12(15)16-4-2/h10H,3-9H2,1-2H3. The monoisotopic (exact) mass is 227 g/mol. The number of rotatable bonds is 5. The van der Waals surface area contributed by atoms with Crippen LogP contribution in [0.25, 0.3) is 0 Å². The normalized spacial score (nSPS) is 19.9. The number of nitrogens with zero attached hydrogens (tertiary/aromatic N) is 1. The fraction of sp³-hybridized carbons (Fsp3) is 0.833. The molecule has 1 atom stereocenters. The Morgan fingerprint density at radius 2 is 2.06 bits per heavy atom. The van der Waals surface area contributed by atoms with Crippen LogP contribution in [-0.4, -0.2) is 36.0 Å². The van der Waals surface area contributed by atoms with E-state index in [9.17, 15) is 9.59 Å². The molecule has 1 amide bonds. The van der Waals surface area contributed by atoms with Gasteiger partial charge in [-0.25, -0.2) is 0 Å². The Kier molecular flexibility index (Phi) is 5.29. The molecule has 1 aliphatic heterocycles. The fourth-order valence-corrected chi connectivity index (χ4v) is 2.17. The molecule has 1 saturated heterocycles. The average Bonchev–Trinajstić information content (AvgIpc) is 2.74. The summed E-state index contributed by atoms with van der Waals surface area (Å²) in [7, 11) is 0. The van der Waals surface area contributed by atoms with Crippen LogP contribution >= 0.6 is 0 Å². The lowest BCUT2D eigenvalue weighted by molar-refractivity contribution is -0.145. The van der Waals surface area contributed by atoms with Crippen LogP contribution in [0.1, 0.15) is 46.0 Å². The van der Waals surface area contributed by atoms with Crippen molar-refractivity contribution in [2.45, 2.75) is 52.0 Å². The van der Waals surface area contributed by atoms with E-state index in [4.69, 9.17) is 4.74 Å². The minimum atomic E-state index is -0.275. The highest BCUT2D eigenvalue weighted by molar-refractivity contribution is 5.81. The first-order valence-electron chi connectivity index (χ1n) is 6.14. The molecule has 0 saturated carbocycles. The minimum absolute atomic E-state index is 0.0948. The highest BCUT2D eigenvalue weighted by Gasteiger charge is 2.27. The highest BCUT2D eigenvalue weighted by Crippen LogP contribution is 2.20. The van der Waals surface area contributed by atoms with Gasteiger partial charge in [0.2, 0.25) is 5.91 Å². The van der Waals surface area contributed by atoms with Gasteiger partial charge in [0, 0.05) is 19.0 Å². The zero-order chi connectivity index (χ0) is 12.0. The molecule has 0 radical (unpaired) electrons. The Morgan fingerprint density at radius 3 is 2.69 bits per heavy atom. The first-order chi connectivity index (χ1) is 7.69. The van der Waals surface area contributed by atoms with Crippen molar-refractivity contribution in [1.29, 1.82) is 0 Å². The van der Waals surface area contributed by atoms with Crippen LogP contribution in [-0.2, 0) is 14.3 Å². The summed E-state index contributed by atoms with van der Waals surface area (Å²) in [6.07, 6.45) is 3.69. The Morgan fingerprint density at radius 1 is 1.31 bits per heavy atom. The third-order valence-electron chi connectivity index (χ3n) is 3.02. The van der Waals surface area contributed by atoms with Crippen molar-refractivity contribution < 1.29 is 14.3 Å². The Hall–Kier alpha value is -1.06. The van der Waals surface area contributed by atoms with Gasteiger partial charge in [0.15, 0.2) is 0 Å². The molecule has 0 aliphatic carbocycles. The SMILES string of the molecule is CCOC(=O)CCC(=O)N1CCCC1CC. The largest absolute Gasteiger partial charge is 0.466 e. The van der Waals surface area contributed by atoms with Gasteiger partial charge in [-0.1, -0.05) is 6.92 Å². The van der Waals surface area contributed by atoms with Gasteiger partial charge < -0.3 is 9.64 Å². The Balaban J connectivity index is 2.31. The second-order valence-corrected chi connectivity index (χ2v) is 4.10. The van der Waals surface area contributed by atoms with E-state index in [1.165, 1.54) is 0 Å². The van der Waals surface area contributed by atoms with Gasteiger partial charge in [-0.2, -0.15) is 0 Å². The van der Waals surface area contributed by atoms with Crippen LogP contribution in [0.4, 0.5) is 0 Å². The number of esters is 1. The third kappa shape index (κ3) is 3.51. The fourth-order valence-electron chi connectivity index (χ4n) is 2.17. The summed E-state index contributed by atoms with van der Waals surface area (Å²) in [5.41, 5.74) is 0. The van der Waals surface area contributed by atoms with E-state index in [1.54, 1.807) is 6.92 Å². The molecule has 0 aromatic heterocycles. The average molecular weight is 227 g/mol. The Labute approximate surface area is 96.9 Å². The van der Waals surface area contributed by atoms with Crippen molar-refractivity contribution in [2.75, 3.05) is 13.2 Å². The summed E-state index contributed by atoms with van der Waals surface area (Å²) in [6.45, 7) is 5.10. The molecule has 4 nitrogen and oxygen atoms in total. The predicted molar refractivity (Wildman–Crippen MR) is 60.9 cm³/mol. The number of hydrogen-bond donors (Lipinski definition) is 0. The molecule has 1 aliphatic rings. The van der Waals surface area contributed by atoms with Crippen molar-refractivity contribution in [2.24, 2.45) is 0 Å². The molecule has 92 valence electrons. The van der Waals surface area contributed by atoms with Crippen molar-refractivity contribution in [3.63, 3.8) is 0 Å². The van der Waals surface area contributed by atoms with Crippen molar-refractivity contribution in [3.8, 4) is 0 Å². The lowest BCUT2D eigenvalue weighted by Gasteiger charge is -2.23. The molecule has 0 aromatic carbocycles. The molecule has 0 N–H and O–H groups in total. The van der Waals surface area contributed by atoms with Gasteiger partial charge >= 0.3 is 5.97 Å². The van der Waals surface area contributed by atoms with Crippen molar-refractivity contribution in [3.05, 3.63) is 0 Å². The van der Waals surface area contributed by atoms with Gasteiger partial charge in [-0.3, -0.25) is 9.59 Å². The zero-order valence-corrected chi connectivity index (χ0v) is 10.2. The van der Waals surface area contributed by atoms with E-state index < -0.39 is 0 Å². The molecule has 1 unspecified atom stereocenters. The number of carbonyl (C=O) groups excluding carboxylic acids is 2. The predicted octanol–water partition coefficient (Wildman–Crippen LogP) is 1.73. The van der Waals surface area contributed by atoms with E-state index in [0.29, 0.717) is 12.6 Å². The maximum Gasteiger partial charge on any atom is 0.306 e. The molecule has 1 heterocycles. The van der Waals surface area contributed by atoms with E-state index in [0.717, 1.165) is 25.8 Å². The second-order valence-electron chi connectivity index (χ2n) is 4.10. The number of hydrogen-bond acceptors (Lipinski definition) is 3. The molecule has 1 rings (SSSR count). The van der Waals surface area contributed by atoms with Gasteiger partial charge in [0.25, 0.3) is 0 Å². The molecular formula is C12H21NO3. The van der Waals surface area contributed by atoms with Crippen LogP contribution in [0.2, 0.25) is 0 Å². The summed E-state index contributed by atoms with van der Waals surface area (Å²) >= 11 is 0. The molecule has 4 heteroatoms. The van der Waals surface area contributed by atoms with E-state index in [1.807, 2.05) is 4.90 Å².